The van der Waals surface area contributed by atoms with Gasteiger partial charge in [0.15, 0.2) is 0 Å². The summed E-state index contributed by atoms with van der Waals surface area (Å²) in [6.45, 7) is 4.00. The Morgan fingerprint density at radius 3 is 2.85 bits per heavy atom. The quantitative estimate of drug-likeness (QED) is 0.663. The van der Waals surface area contributed by atoms with Crippen molar-refractivity contribution in [2.24, 2.45) is 0 Å². The van der Waals surface area contributed by atoms with Gasteiger partial charge in [0, 0.05) is 19.4 Å². The minimum absolute atomic E-state index is 0.309. The number of carbonyl (C=O) groups is 1. The number of piperidine rings is 1. The summed E-state index contributed by atoms with van der Waals surface area (Å²) in [4.78, 5) is 13.7. The molecule has 1 N–H and O–H groups in total. The molecule has 1 aromatic rings. The summed E-state index contributed by atoms with van der Waals surface area (Å²) in [5.74, 6) is -1.63. The van der Waals surface area contributed by atoms with Crippen molar-refractivity contribution in [2.75, 3.05) is 13.1 Å². The van der Waals surface area contributed by atoms with E-state index in [1.807, 2.05) is 25.1 Å². The van der Waals surface area contributed by atoms with E-state index >= 15 is 0 Å². The van der Waals surface area contributed by atoms with E-state index in [-0.39, 0.29) is 5.97 Å². The number of ether oxygens (including phenoxy) is 1. The lowest BCUT2D eigenvalue weighted by atomic mass is 10.0. The van der Waals surface area contributed by atoms with E-state index in [2.05, 4.69) is 17.0 Å². The first-order valence-electron chi connectivity index (χ1n) is 7.32. The van der Waals surface area contributed by atoms with Crippen LogP contribution in [0, 0.1) is 0 Å². The molecule has 0 amide bonds. The van der Waals surface area contributed by atoms with Crippen molar-refractivity contribution < 1.29 is 14.6 Å². The average Bonchev–Trinajstić information content (AvgIpc) is 2.39. The minimum Gasteiger partial charge on any atom is -0.432 e. The zero-order chi connectivity index (χ0) is 14.4. The molecule has 4 nitrogen and oxygen atoms in total. The highest BCUT2D eigenvalue weighted by molar-refractivity contribution is 5.69. The summed E-state index contributed by atoms with van der Waals surface area (Å²) in [5, 5.41) is 10.4. The third-order valence-corrected chi connectivity index (χ3v) is 3.52. The minimum atomic E-state index is -1.32. The smallest absolute Gasteiger partial charge is 0.308 e. The monoisotopic (exact) mass is 277 g/mol. The number of rotatable bonds is 5. The molecule has 1 heterocycles. The number of carbonyl (C=O) groups excluding carboxylic acids is 1. The third-order valence-electron chi connectivity index (χ3n) is 3.52. The molecule has 1 fully saturated rings. The second-order valence-corrected chi connectivity index (χ2v) is 5.47. The number of nitrogens with zero attached hydrogens (tertiary/aromatic N) is 1. The zero-order valence-electron chi connectivity index (χ0n) is 12.0. The van der Waals surface area contributed by atoms with Gasteiger partial charge in [0.05, 0.1) is 6.54 Å². The SMILES string of the molecule is CCCC(=O)OC1(O)CCCN(Cc2ccccc2)C1. The van der Waals surface area contributed by atoms with Gasteiger partial charge in [-0.1, -0.05) is 37.3 Å². The van der Waals surface area contributed by atoms with Gasteiger partial charge in [0.1, 0.15) is 0 Å². The summed E-state index contributed by atoms with van der Waals surface area (Å²) in [6, 6.07) is 10.1. The molecule has 1 aliphatic rings. The molecule has 0 saturated carbocycles. The van der Waals surface area contributed by atoms with Gasteiger partial charge >= 0.3 is 5.97 Å². The van der Waals surface area contributed by atoms with E-state index in [0.717, 1.165) is 25.9 Å². The van der Waals surface area contributed by atoms with E-state index in [0.29, 0.717) is 19.4 Å². The summed E-state index contributed by atoms with van der Waals surface area (Å²) < 4.78 is 5.26. The molecule has 1 aliphatic heterocycles. The Hall–Kier alpha value is -1.39. The Bertz CT molecular complexity index is 435. The lowest BCUT2D eigenvalue weighted by molar-refractivity contribution is -0.227. The molecule has 1 unspecified atom stereocenters. The molecular weight excluding hydrogens is 254 g/mol. The second-order valence-electron chi connectivity index (χ2n) is 5.47. The first-order valence-corrected chi connectivity index (χ1v) is 7.32. The number of hydrogen-bond acceptors (Lipinski definition) is 4. The number of esters is 1. The van der Waals surface area contributed by atoms with Crippen LogP contribution in [0.5, 0.6) is 0 Å². The van der Waals surface area contributed by atoms with Crippen LogP contribution in [0.3, 0.4) is 0 Å². The Morgan fingerprint density at radius 2 is 2.15 bits per heavy atom. The molecule has 0 aliphatic carbocycles. The average molecular weight is 277 g/mol. The van der Waals surface area contributed by atoms with Gasteiger partial charge in [0.25, 0.3) is 0 Å². The molecule has 0 radical (unpaired) electrons. The Kier molecular flexibility index (Phi) is 5.15. The first-order chi connectivity index (χ1) is 9.61. The standard InChI is InChI=1S/C16H23NO3/c1-2-7-15(18)20-16(19)10-6-11-17(13-16)12-14-8-4-3-5-9-14/h3-5,8-9,19H,2,6-7,10-13H2,1H3. The maximum atomic E-state index is 11.6. The Morgan fingerprint density at radius 1 is 1.40 bits per heavy atom. The van der Waals surface area contributed by atoms with Crippen LogP contribution < -0.4 is 0 Å². The molecule has 1 saturated heterocycles. The summed E-state index contributed by atoms with van der Waals surface area (Å²) in [6.07, 6.45) is 2.46. The van der Waals surface area contributed by atoms with Gasteiger partial charge in [0.2, 0.25) is 5.79 Å². The highest BCUT2D eigenvalue weighted by Gasteiger charge is 2.36. The van der Waals surface area contributed by atoms with E-state index in [1.54, 1.807) is 0 Å². The van der Waals surface area contributed by atoms with E-state index in [4.69, 9.17) is 4.74 Å². The number of likely N-dealkylation sites (tertiary alicyclic amines) is 1. The van der Waals surface area contributed by atoms with Crippen LogP contribution in [0.4, 0.5) is 0 Å². The molecule has 0 aromatic heterocycles. The fourth-order valence-electron chi connectivity index (χ4n) is 2.61. The molecule has 2 rings (SSSR count). The molecule has 0 bridgehead atoms. The molecule has 4 heteroatoms. The molecule has 1 atom stereocenters. The van der Waals surface area contributed by atoms with Crippen molar-refractivity contribution in [3.63, 3.8) is 0 Å². The summed E-state index contributed by atoms with van der Waals surface area (Å²) >= 11 is 0. The largest absolute Gasteiger partial charge is 0.432 e. The fraction of sp³-hybridized carbons (Fsp3) is 0.562. The van der Waals surface area contributed by atoms with Crippen LogP contribution in [0.15, 0.2) is 30.3 Å². The molecule has 110 valence electrons. The maximum Gasteiger partial charge on any atom is 0.308 e. The Balaban J connectivity index is 1.92. The zero-order valence-corrected chi connectivity index (χ0v) is 12.0. The number of aliphatic hydroxyl groups is 1. The van der Waals surface area contributed by atoms with Crippen LogP contribution in [0.1, 0.15) is 38.2 Å². The molecule has 1 aromatic carbocycles. The lowest BCUT2D eigenvalue weighted by Gasteiger charge is -2.38. The molecular formula is C16H23NO3. The summed E-state index contributed by atoms with van der Waals surface area (Å²) in [7, 11) is 0. The van der Waals surface area contributed by atoms with Crippen LogP contribution >= 0.6 is 0 Å². The van der Waals surface area contributed by atoms with Crippen molar-refractivity contribution in [1.29, 1.82) is 0 Å². The topological polar surface area (TPSA) is 49.8 Å². The van der Waals surface area contributed by atoms with Gasteiger partial charge in [-0.3, -0.25) is 9.69 Å². The van der Waals surface area contributed by atoms with E-state index < -0.39 is 5.79 Å². The van der Waals surface area contributed by atoms with E-state index in [9.17, 15) is 9.90 Å². The predicted octanol–water partition coefficient (Wildman–Crippen LogP) is 2.31. The molecule has 0 spiro atoms. The number of β-amino-alcohol motifs (C(OH)–C–C–N with tert-alkyl or cyclic N) is 1. The Labute approximate surface area is 120 Å². The third kappa shape index (κ3) is 4.32. The number of hydrogen-bond donors (Lipinski definition) is 1. The van der Waals surface area contributed by atoms with Crippen molar-refractivity contribution in [1.82, 2.24) is 4.90 Å². The van der Waals surface area contributed by atoms with Crippen molar-refractivity contribution in [3.05, 3.63) is 35.9 Å². The maximum absolute atomic E-state index is 11.6. The fourth-order valence-corrected chi connectivity index (χ4v) is 2.61. The second kappa shape index (κ2) is 6.86. The van der Waals surface area contributed by atoms with E-state index in [1.165, 1.54) is 5.56 Å². The van der Waals surface area contributed by atoms with Gasteiger partial charge in [-0.25, -0.2) is 0 Å². The highest BCUT2D eigenvalue weighted by atomic mass is 16.7. The van der Waals surface area contributed by atoms with Crippen LogP contribution in [-0.2, 0) is 16.1 Å². The van der Waals surface area contributed by atoms with Crippen molar-refractivity contribution in [2.45, 2.75) is 44.9 Å². The normalized spacial score (nSPS) is 23.5. The van der Waals surface area contributed by atoms with Gasteiger partial charge in [-0.2, -0.15) is 0 Å². The van der Waals surface area contributed by atoms with Gasteiger partial charge < -0.3 is 9.84 Å². The van der Waals surface area contributed by atoms with Gasteiger partial charge in [-0.15, -0.1) is 0 Å². The summed E-state index contributed by atoms with van der Waals surface area (Å²) in [5.41, 5.74) is 1.21. The lowest BCUT2D eigenvalue weighted by Crippen LogP contribution is -2.50. The van der Waals surface area contributed by atoms with Crippen molar-refractivity contribution >= 4 is 5.97 Å². The predicted molar refractivity (Wildman–Crippen MR) is 76.9 cm³/mol. The van der Waals surface area contributed by atoms with Crippen molar-refractivity contribution in [3.8, 4) is 0 Å². The molecule has 20 heavy (non-hydrogen) atoms. The van der Waals surface area contributed by atoms with Gasteiger partial charge in [-0.05, 0) is 24.9 Å². The number of benzene rings is 1. The van der Waals surface area contributed by atoms with Crippen LogP contribution in [0.25, 0.3) is 0 Å². The highest BCUT2D eigenvalue weighted by Crippen LogP contribution is 2.24. The van der Waals surface area contributed by atoms with Crippen LogP contribution in [0.2, 0.25) is 0 Å². The van der Waals surface area contributed by atoms with Crippen LogP contribution in [-0.4, -0.2) is 34.9 Å². The first kappa shape index (κ1) is 15.0.